The van der Waals surface area contributed by atoms with Gasteiger partial charge < -0.3 is 39.1 Å². The van der Waals surface area contributed by atoms with Gasteiger partial charge in [0, 0.05) is 50.3 Å². The maximum Gasteiger partial charge on any atom is 0.326 e. The molecule has 0 saturated heterocycles. The van der Waals surface area contributed by atoms with Crippen LogP contribution >= 0.6 is 0 Å². The number of fused-ring (bicyclic) bond motifs is 1. The van der Waals surface area contributed by atoms with Crippen molar-refractivity contribution in [2.75, 3.05) is 58.8 Å². The molecule has 4 N–H and O–H groups in total. The number of carboxylic acids is 1. The molecule has 0 saturated carbocycles. The number of aryl methyl sites for hydroxylation is 1. The molecule has 0 unspecified atom stereocenters. The number of nitrogens with zero attached hydrogens (tertiary/aromatic N) is 2. The van der Waals surface area contributed by atoms with Crippen molar-refractivity contribution >= 4 is 38.6 Å². The standard InChI is InChI=1S/C39H53N5O11S/c1-6-18-53-27-20-28(54-19-12-11-17-43(2)26-37(45)40-16-10-8-7-9-13-38(46)47)22-29(21-27)55-35-25-33-31(41-39(48)44(33)3)24-32(35)42-56(49,50)30-14-15-34(51-4)36(23-30)52-5/h14-15,20-25,42H,6-13,16-19,26H2,1-5H3,(H,40,45)(H,41,48)(H,46,47). The van der Waals surface area contributed by atoms with E-state index in [4.69, 9.17) is 28.8 Å². The van der Waals surface area contributed by atoms with Crippen LogP contribution < -0.4 is 39.4 Å². The van der Waals surface area contributed by atoms with Crippen molar-refractivity contribution in [1.82, 2.24) is 19.8 Å². The zero-order valence-corrected chi connectivity index (χ0v) is 33.5. The maximum absolute atomic E-state index is 13.7. The second kappa shape index (κ2) is 21.0. The van der Waals surface area contributed by atoms with E-state index in [1.807, 2.05) is 18.9 Å². The Kier molecular flexibility index (Phi) is 16.3. The van der Waals surface area contributed by atoms with Crippen molar-refractivity contribution in [3.8, 4) is 34.5 Å². The van der Waals surface area contributed by atoms with Crippen LogP contribution in [0.2, 0.25) is 0 Å². The lowest BCUT2D eigenvalue weighted by Crippen LogP contribution is -2.36. The summed E-state index contributed by atoms with van der Waals surface area (Å²) in [7, 11) is 2.16. The summed E-state index contributed by atoms with van der Waals surface area (Å²) in [6.07, 6.45) is 5.59. The number of aliphatic carboxylic acids is 1. The Morgan fingerprint density at radius 1 is 0.857 bits per heavy atom. The second-order valence-corrected chi connectivity index (χ2v) is 15.0. The highest BCUT2D eigenvalue weighted by Crippen LogP contribution is 2.38. The number of imidazole rings is 1. The van der Waals surface area contributed by atoms with Crippen molar-refractivity contribution in [2.45, 2.75) is 63.2 Å². The average Bonchev–Trinajstić information content (AvgIpc) is 3.43. The maximum atomic E-state index is 13.7. The molecular formula is C39H53N5O11S. The number of carbonyl (C=O) groups excluding carboxylic acids is 1. The largest absolute Gasteiger partial charge is 0.493 e. The van der Waals surface area contributed by atoms with Gasteiger partial charge in [-0.15, -0.1) is 0 Å². The van der Waals surface area contributed by atoms with Gasteiger partial charge in [0.15, 0.2) is 17.2 Å². The number of hydrogen-bond donors (Lipinski definition) is 4. The molecule has 4 aromatic rings. The summed E-state index contributed by atoms with van der Waals surface area (Å²) in [5, 5.41) is 11.6. The number of benzene rings is 3. The molecular weight excluding hydrogens is 747 g/mol. The molecule has 1 amide bonds. The molecule has 1 aromatic heterocycles. The number of carbonyl (C=O) groups is 2. The van der Waals surface area contributed by atoms with Crippen LogP contribution in [-0.4, -0.2) is 94.0 Å². The van der Waals surface area contributed by atoms with Gasteiger partial charge in [-0.05, 0) is 63.9 Å². The lowest BCUT2D eigenvalue weighted by atomic mass is 10.1. The van der Waals surface area contributed by atoms with E-state index in [9.17, 15) is 22.8 Å². The highest BCUT2D eigenvalue weighted by atomic mass is 32.2. The molecule has 0 aliphatic carbocycles. The number of ether oxygens (including phenoxy) is 5. The Morgan fingerprint density at radius 2 is 1.55 bits per heavy atom. The fourth-order valence-electron chi connectivity index (χ4n) is 5.76. The molecule has 0 bridgehead atoms. The summed E-state index contributed by atoms with van der Waals surface area (Å²) >= 11 is 0. The second-order valence-electron chi connectivity index (χ2n) is 13.3. The molecule has 0 fully saturated rings. The first kappa shape index (κ1) is 43.3. The monoisotopic (exact) mass is 799 g/mol. The van der Waals surface area contributed by atoms with Crippen LogP contribution in [-0.2, 0) is 26.7 Å². The number of sulfonamides is 1. The third-order valence-electron chi connectivity index (χ3n) is 8.73. The number of carboxylic acid groups (broad SMARTS) is 1. The van der Waals surface area contributed by atoms with E-state index in [2.05, 4.69) is 15.0 Å². The molecule has 0 aliphatic heterocycles. The van der Waals surface area contributed by atoms with Gasteiger partial charge in [-0.3, -0.25) is 23.8 Å². The van der Waals surface area contributed by atoms with E-state index >= 15 is 0 Å². The number of unbranched alkanes of at least 4 members (excludes halogenated alkanes) is 4. The van der Waals surface area contributed by atoms with Crippen LogP contribution in [0.5, 0.6) is 34.5 Å². The predicted molar refractivity (Wildman–Crippen MR) is 212 cm³/mol. The van der Waals surface area contributed by atoms with Crippen molar-refractivity contribution in [2.24, 2.45) is 7.05 Å². The van der Waals surface area contributed by atoms with Crippen LogP contribution in [0.1, 0.15) is 58.3 Å². The number of hydrogen-bond acceptors (Lipinski definition) is 11. The molecule has 1 heterocycles. The van der Waals surface area contributed by atoms with Gasteiger partial charge in [0.2, 0.25) is 5.91 Å². The fraction of sp³-hybridized carbons (Fsp3) is 0.462. The molecule has 0 radical (unpaired) electrons. The smallest absolute Gasteiger partial charge is 0.326 e. The average molecular weight is 800 g/mol. The first-order valence-electron chi connectivity index (χ1n) is 18.6. The number of rotatable bonds is 25. The molecule has 306 valence electrons. The molecule has 0 spiro atoms. The fourth-order valence-corrected chi connectivity index (χ4v) is 6.84. The summed E-state index contributed by atoms with van der Waals surface area (Å²) < 4.78 is 60.2. The topological polar surface area (TPSA) is 200 Å². The van der Waals surface area contributed by atoms with Gasteiger partial charge in [-0.1, -0.05) is 19.8 Å². The SMILES string of the molecule is CCCOc1cc(OCCCCN(C)CC(=O)NCCCCCCC(=O)O)cc(Oc2cc3c(cc2NS(=O)(=O)c2ccc(OC)c(OC)c2)[nH]c(=O)n3C)c1. The predicted octanol–water partition coefficient (Wildman–Crippen LogP) is 5.51. The van der Waals surface area contributed by atoms with Crippen molar-refractivity contribution < 1.29 is 46.8 Å². The Morgan fingerprint density at radius 3 is 2.25 bits per heavy atom. The number of aromatic nitrogens is 2. The molecule has 0 aliphatic rings. The summed E-state index contributed by atoms with van der Waals surface area (Å²) in [5.74, 6) is 1.16. The number of nitrogens with one attached hydrogen (secondary N) is 3. The summed E-state index contributed by atoms with van der Waals surface area (Å²) in [6.45, 7) is 4.34. The first-order valence-corrected chi connectivity index (χ1v) is 20.0. The van der Waals surface area contributed by atoms with Crippen molar-refractivity contribution in [1.29, 1.82) is 0 Å². The van der Waals surface area contributed by atoms with Crippen molar-refractivity contribution in [3.05, 3.63) is 59.0 Å². The van der Waals surface area contributed by atoms with E-state index in [1.165, 1.54) is 43.1 Å². The third kappa shape index (κ3) is 12.8. The molecule has 0 atom stereocenters. The third-order valence-corrected chi connectivity index (χ3v) is 10.1. The molecule has 4 rings (SSSR count). The number of anilines is 1. The molecule has 16 nitrogen and oxygen atoms in total. The van der Waals surface area contributed by atoms with E-state index in [0.717, 1.165) is 32.1 Å². The quantitative estimate of drug-likeness (QED) is 0.0614. The van der Waals surface area contributed by atoms with Gasteiger partial charge in [0.05, 0.1) is 55.6 Å². The summed E-state index contributed by atoms with van der Waals surface area (Å²) in [5.41, 5.74) is 0.569. The van der Waals surface area contributed by atoms with E-state index < -0.39 is 16.0 Å². The van der Waals surface area contributed by atoms with Crippen LogP contribution in [0.4, 0.5) is 5.69 Å². The minimum absolute atomic E-state index is 0.0551. The minimum Gasteiger partial charge on any atom is -0.493 e. The first-order chi connectivity index (χ1) is 26.8. The Bertz CT molecular complexity index is 2100. The Balaban J connectivity index is 1.42. The number of aromatic amines is 1. The number of methoxy groups -OCH3 is 2. The Hall–Kier alpha value is -5.42. The van der Waals surface area contributed by atoms with E-state index in [1.54, 1.807) is 31.3 Å². The Labute approximate surface area is 327 Å². The number of H-pyrrole nitrogens is 1. The van der Waals surface area contributed by atoms with Crippen LogP contribution in [0.3, 0.4) is 0 Å². The van der Waals surface area contributed by atoms with Crippen molar-refractivity contribution in [3.63, 3.8) is 0 Å². The number of amides is 1. The van der Waals surface area contributed by atoms with E-state index in [0.29, 0.717) is 73.2 Å². The van der Waals surface area contributed by atoms with E-state index in [-0.39, 0.29) is 46.6 Å². The molecule has 17 heteroatoms. The zero-order chi connectivity index (χ0) is 40.7. The molecule has 3 aromatic carbocycles. The van der Waals surface area contributed by atoms with Crippen LogP contribution in [0, 0.1) is 0 Å². The van der Waals surface area contributed by atoms with Gasteiger partial charge in [-0.25, -0.2) is 13.2 Å². The lowest BCUT2D eigenvalue weighted by Gasteiger charge is -2.17. The van der Waals surface area contributed by atoms with Crippen LogP contribution in [0.25, 0.3) is 11.0 Å². The number of likely N-dealkylation sites (N-methyl/N-ethyl adjacent to an activating group) is 1. The lowest BCUT2D eigenvalue weighted by molar-refractivity contribution is -0.137. The molecule has 56 heavy (non-hydrogen) atoms. The highest BCUT2D eigenvalue weighted by molar-refractivity contribution is 7.92. The van der Waals surface area contributed by atoms with Gasteiger partial charge in [0.1, 0.15) is 17.2 Å². The minimum atomic E-state index is -4.18. The zero-order valence-electron chi connectivity index (χ0n) is 32.6. The van der Waals surface area contributed by atoms with Gasteiger partial charge >= 0.3 is 11.7 Å². The van der Waals surface area contributed by atoms with Gasteiger partial charge in [-0.2, -0.15) is 0 Å². The van der Waals surface area contributed by atoms with Gasteiger partial charge in [0.25, 0.3) is 10.0 Å². The summed E-state index contributed by atoms with van der Waals surface area (Å²) in [6, 6.07) is 12.4. The normalized spacial score (nSPS) is 11.4. The summed E-state index contributed by atoms with van der Waals surface area (Å²) in [4.78, 5) is 40.0. The highest BCUT2D eigenvalue weighted by Gasteiger charge is 2.22. The van der Waals surface area contributed by atoms with Crippen LogP contribution in [0.15, 0.2) is 58.2 Å².